The monoisotopic (exact) mass is 235 g/mol. The van der Waals surface area contributed by atoms with Crippen molar-refractivity contribution in [3.63, 3.8) is 0 Å². The van der Waals surface area contributed by atoms with Crippen molar-refractivity contribution in [1.29, 1.82) is 0 Å². The van der Waals surface area contributed by atoms with Gasteiger partial charge in [-0.1, -0.05) is 12.1 Å². The number of hydrogen-bond donors (Lipinski definition) is 1. The minimum Gasteiger partial charge on any atom is -0.397 e. The van der Waals surface area contributed by atoms with Gasteiger partial charge in [0.15, 0.2) is 0 Å². The highest BCUT2D eigenvalue weighted by molar-refractivity contribution is 5.71. The smallest absolute Gasteiger partial charge is 0.0605 e. The first-order valence-corrected chi connectivity index (χ1v) is 6.23. The summed E-state index contributed by atoms with van der Waals surface area (Å²) in [6.45, 7) is 8.48. The number of nitrogens with zero attached hydrogens (tertiary/aromatic N) is 2. The molecule has 0 heterocycles. The van der Waals surface area contributed by atoms with Crippen LogP contribution in [0.4, 0.5) is 11.4 Å². The van der Waals surface area contributed by atoms with Crippen LogP contribution in [0.25, 0.3) is 0 Å². The Morgan fingerprint density at radius 1 is 1.29 bits per heavy atom. The lowest BCUT2D eigenvalue weighted by Crippen LogP contribution is -2.40. The molecule has 0 saturated heterocycles. The van der Waals surface area contributed by atoms with Crippen molar-refractivity contribution in [2.45, 2.75) is 26.8 Å². The highest BCUT2D eigenvalue weighted by atomic mass is 15.2. The van der Waals surface area contributed by atoms with Crippen LogP contribution in [0, 0.1) is 6.92 Å². The molecule has 0 saturated carbocycles. The number of anilines is 2. The lowest BCUT2D eigenvalue weighted by molar-refractivity contribution is 0.373. The van der Waals surface area contributed by atoms with Gasteiger partial charge in [0.05, 0.1) is 11.4 Å². The number of rotatable bonds is 5. The maximum absolute atomic E-state index is 6.17. The summed E-state index contributed by atoms with van der Waals surface area (Å²) in [6, 6.07) is 6.70. The second-order valence-electron chi connectivity index (χ2n) is 4.90. The Morgan fingerprint density at radius 2 is 1.94 bits per heavy atom. The maximum Gasteiger partial charge on any atom is 0.0605 e. The number of nitrogens with two attached hydrogens (primary N) is 1. The van der Waals surface area contributed by atoms with Crippen LogP contribution < -0.4 is 10.6 Å². The van der Waals surface area contributed by atoms with Gasteiger partial charge in [0.25, 0.3) is 0 Å². The van der Waals surface area contributed by atoms with Crippen LogP contribution in [0.5, 0.6) is 0 Å². The van der Waals surface area contributed by atoms with Gasteiger partial charge in [-0.05, 0) is 46.5 Å². The van der Waals surface area contributed by atoms with E-state index in [1.54, 1.807) is 0 Å². The lowest BCUT2D eigenvalue weighted by Gasteiger charge is -2.33. The Morgan fingerprint density at radius 3 is 2.47 bits per heavy atom. The number of para-hydroxylation sites is 1. The largest absolute Gasteiger partial charge is 0.397 e. The normalized spacial score (nSPS) is 12.8. The summed E-state index contributed by atoms with van der Waals surface area (Å²) in [5.41, 5.74) is 9.38. The first-order chi connectivity index (χ1) is 7.97. The summed E-state index contributed by atoms with van der Waals surface area (Å²) < 4.78 is 0. The zero-order chi connectivity index (χ0) is 13.0. The lowest BCUT2D eigenvalue weighted by atomic mass is 10.1. The molecule has 0 bridgehead atoms. The van der Waals surface area contributed by atoms with E-state index < -0.39 is 0 Å². The molecule has 1 atom stereocenters. The molecule has 1 aromatic carbocycles. The van der Waals surface area contributed by atoms with E-state index in [-0.39, 0.29) is 0 Å². The maximum atomic E-state index is 6.17. The minimum atomic E-state index is 0.457. The van der Waals surface area contributed by atoms with Crippen LogP contribution in [0.15, 0.2) is 18.2 Å². The number of nitrogen functional groups attached to an aromatic ring is 1. The van der Waals surface area contributed by atoms with Crippen LogP contribution in [-0.4, -0.2) is 38.1 Å². The predicted octanol–water partition coefficient (Wildman–Crippen LogP) is 2.35. The second kappa shape index (κ2) is 5.92. The van der Waals surface area contributed by atoms with Crippen LogP contribution in [0.1, 0.15) is 19.4 Å². The Labute approximate surface area is 105 Å². The first-order valence-electron chi connectivity index (χ1n) is 6.23. The molecule has 3 heteroatoms. The Hall–Kier alpha value is -1.22. The number of likely N-dealkylation sites (N-methyl/N-ethyl adjacent to an activating group) is 2. The van der Waals surface area contributed by atoms with Crippen molar-refractivity contribution in [3.05, 3.63) is 23.8 Å². The third-order valence-corrected chi connectivity index (χ3v) is 3.11. The number of benzene rings is 1. The summed E-state index contributed by atoms with van der Waals surface area (Å²) in [4.78, 5) is 4.57. The fraction of sp³-hybridized carbons (Fsp3) is 0.571. The minimum absolute atomic E-state index is 0.457. The molecule has 0 aromatic heterocycles. The highest BCUT2D eigenvalue weighted by Gasteiger charge is 2.16. The third-order valence-electron chi connectivity index (χ3n) is 3.11. The van der Waals surface area contributed by atoms with Crippen LogP contribution >= 0.6 is 0 Å². The van der Waals surface area contributed by atoms with Gasteiger partial charge in [0, 0.05) is 19.1 Å². The van der Waals surface area contributed by atoms with Crippen LogP contribution in [-0.2, 0) is 0 Å². The third kappa shape index (κ3) is 3.37. The summed E-state index contributed by atoms with van der Waals surface area (Å²) in [6.07, 6.45) is 0. The molecule has 0 radical (unpaired) electrons. The molecule has 0 aliphatic heterocycles. The molecule has 0 aliphatic carbocycles. The van der Waals surface area contributed by atoms with Crippen molar-refractivity contribution in [1.82, 2.24) is 4.90 Å². The molecule has 3 nitrogen and oxygen atoms in total. The average Bonchev–Trinajstić information content (AvgIpc) is 2.24. The molecule has 0 spiro atoms. The van der Waals surface area contributed by atoms with Crippen molar-refractivity contribution in [2.75, 3.05) is 37.8 Å². The van der Waals surface area contributed by atoms with Crippen LogP contribution in [0.3, 0.4) is 0 Å². The molecule has 1 unspecified atom stereocenters. The Bertz CT molecular complexity index is 360. The topological polar surface area (TPSA) is 32.5 Å². The molecule has 17 heavy (non-hydrogen) atoms. The van der Waals surface area contributed by atoms with Gasteiger partial charge in [-0.3, -0.25) is 0 Å². The standard InChI is InChI=1S/C14H25N3/c1-6-17(12(3)10-16(4)5)13-9-7-8-11(2)14(13)15/h7-9,12H,6,10,15H2,1-5H3. The fourth-order valence-corrected chi connectivity index (χ4v) is 2.26. The van der Waals surface area contributed by atoms with Crippen LogP contribution in [0.2, 0.25) is 0 Å². The van der Waals surface area contributed by atoms with E-state index >= 15 is 0 Å². The number of aryl methyl sites for hydroxylation is 1. The van der Waals surface area contributed by atoms with Crippen molar-refractivity contribution >= 4 is 11.4 Å². The number of hydrogen-bond acceptors (Lipinski definition) is 3. The quantitative estimate of drug-likeness (QED) is 0.795. The summed E-state index contributed by atoms with van der Waals surface area (Å²) in [7, 11) is 4.20. The fourth-order valence-electron chi connectivity index (χ4n) is 2.26. The van der Waals surface area contributed by atoms with E-state index in [4.69, 9.17) is 5.73 Å². The first kappa shape index (κ1) is 13.8. The molecule has 1 aromatic rings. The Kier molecular flexibility index (Phi) is 4.82. The van der Waals surface area contributed by atoms with Crippen molar-refractivity contribution in [2.24, 2.45) is 0 Å². The summed E-state index contributed by atoms with van der Waals surface area (Å²) in [5.74, 6) is 0. The predicted molar refractivity (Wildman–Crippen MR) is 76.6 cm³/mol. The summed E-state index contributed by atoms with van der Waals surface area (Å²) >= 11 is 0. The van der Waals surface area contributed by atoms with E-state index in [0.717, 1.165) is 30.0 Å². The zero-order valence-electron chi connectivity index (χ0n) is 11.7. The van der Waals surface area contributed by atoms with Gasteiger partial charge in [-0.15, -0.1) is 0 Å². The van der Waals surface area contributed by atoms with Gasteiger partial charge in [0.2, 0.25) is 0 Å². The average molecular weight is 235 g/mol. The molecule has 0 fully saturated rings. The SMILES string of the molecule is CCN(c1cccc(C)c1N)C(C)CN(C)C. The van der Waals surface area contributed by atoms with Gasteiger partial charge in [0.1, 0.15) is 0 Å². The molecule has 96 valence electrons. The molecule has 2 N–H and O–H groups in total. The van der Waals surface area contributed by atoms with E-state index in [1.807, 2.05) is 0 Å². The van der Waals surface area contributed by atoms with Gasteiger partial charge in [-0.25, -0.2) is 0 Å². The van der Waals surface area contributed by atoms with E-state index in [2.05, 4.69) is 62.9 Å². The highest BCUT2D eigenvalue weighted by Crippen LogP contribution is 2.27. The molecule has 0 amide bonds. The zero-order valence-corrected chi connectivity index (χ0v) is 11.7. The van der Waals surface area contributed by atoms with Gasteiger partial charge < -0.3 is 15.5 Å². The molecule has 1 rings (SSSR count). The molecular weight excluding hydrogens is 210 g/mol. The molecular formula is C14H25N3. The van der Waals surface area contributed by atoms with E-state index in [1.165, 1.54) is 0 Å². The van der Waals surface area contributed by atoms with Crippen molar-refractivity contribution in [3.8, 4) is 0 Å². The van der Waals surface area contributed by atoms with Gasteiger partial charge in [-0.2, -0.15) is 0 Å². The summed E-state index contributed by atoms with van der Waals surface area (Å²) in [5, 5.41) is 0. The Balaban J connectivity index is 2.97. The van der Waals surface area contributed by atoms with Crippen molar-refractivity contribution < 1.29 is 0 Å². The second-order valence-corrected chi connectivity index (χ2v) is 4.90. The van der Waals surface area contributed by atoms with Gasteiger partial charge >= 0.3 is 0 Å². The molecule has 0 aliphatic rings. The van der Waals surface area contributed by atoms with E-state index in [9.17, 15) is 0 Å². The van der Waals surface area contributed by atoms with E-state index in [0.29, 0.717) is 6.04 Å².